The molecular weight excluding hydrogens is 308 g/mol. The summed E-state index contributed by atoms with van der Waals surface area (Å²) >= 11 is 6.03. The monoisotopic (exact) mass is 324 g/mol. The summed E-state index contributed by atoms with van der Waals surface area (Å²) in [6, 6.07) is 7.01. The number of hydrogen-bond acceptors (Lipinski definition) is 5. The maximum atomic E-state index is 11.5. The van der Waals surface area contributed by atoms with Crippen LogP contribution in [0.1, 0.15) is 13.8 Å². The topological polar surface area (TPSA) is 65.0 Å². The van der Waals surface area contributed by atoms with Crippen LogP contribution in [0.25, 0.3) is 10.8 Å². The van der Waals surface area contributed by atoms with E-state index in [2.05, 4.69) is 0 Å². The molecule has 0 heterocycles. The number of fused-ring (bicyclic) bond motifs is 1. The Morgan fingerprint density at radius 3 is 2.50 bits per heavy atom. The number of ether oxygens (including phenoxy) is 3. The van der Waals surface area contributed by atoms with Crippen molar-refractivity contribution in [2.45, 2.75) is 13.8 Å². The maximum absolute atomic E-state index is 11.5. The Hall–Kier alpha value is -1.98. The van der Waals surface area contributed by atoms with Gasteiger partial charge in [-0.15, -0.1) is 0 Å². The van der Waals surface area contributed by atoms with Gasteiger partial charge in [0.1, 0.15) is 6.61 Å². The van der Waals surface area contributed by atoms with Gasteiger partial charge in [-0.3, -0.25) is 0 Å². The third kappa shape index (κ3) is 3.43. The Morgan fingerprint density at radius 1 is 1.14 bits per heavy atom. The van der Waals surface area contributed by atoms with Crippen LogP contribution >= 0.6 is 11.6 Å². The van der Waals surface area contributed by atoms with Crippen molar-refractivity contribution in [1.29, 1.82) is 0 Å². The number of halogens is 1. The summed E-state index contributed by atoms with van der Waals surface area (Å²) < 4.78 is 16.4. The number of carbonyl (C=O) groups excluding carboxylic acids is 1. The van der Waals surface area contributed by atoms with Gasteiger partial charge in [0.2, 0.25) is 5.75 Å². The summed E-state index contributed by atoms with van der Waals surface area (Å²) in [5, 5.41) is 10.8. The largest absolute Gasteiger partial charge is 0.490 e. The molecule has 0 aliphatic heterocycles. The van der Waals surface area contributed by atoms with Gasteiger partial charge in [0.25, 0.3) is 0 Å². The van der Waals surface area contributed by atoms with Crippen molar-refractivity contribution in [2.75, 3.05) is 19.8 Å². The SMILES string of the molecule is CCOc1cc2ccc(Cl)cc2c(OC(=O)CO)c1OCC. The standard InChI is InChI=1S/C16H17ClO5/c1-3-20-13-7-10-5-6-11(17)8-12(10)15(16(13)21-4-2)22-14(19)9-18/h5-8,18H,3-4,9H2,1-2H3. The molecule has 0 unspecified atom stereocenters. The summed E-state index contributed by atoms with van der Waals surface area (Å²) in [7, 11) is 0. The van der Waals surface area contributed by atoms with Crippen molar-refractivity contribution in [3.05, 3.63) is 29.3 Å². The smallest absolute Gasteiger partial charge is 0.337 e. The zero-order valence-electron chi connectivity index (χ0n) is 12.4. The molecule has 0 aliphatic carbocycles. The molecule has 0 saturated carbocycles. The van der Waals surface area contributed by atoms with Gasteiger partial charge in [0.15, 0.2) is 11.5 Å². The molecule has 0 radical (unpaired) electrons. The predicted octanol–water partition coefficient (Wildman–Crippen LogP) is 3.19. The van der Waals surface area contributed by atoms with Gasteiger partial charge in [-0.2, -0.15) is 0 Å². The van der Waals surface area contributed by atoms with Crippen molar-refractivity contribution in [2.24, 2.45) is 0 Å². The first-order chi connectivity index (χ1) is 10.6. The predicted molar refractivity (Wildman–Crippen MR) is 84.0 cm³/mol. The van der Waals surface area contributed by atoms with Gasteiger partial charge < -0.3 is 19.3 Å². The normalized spacial score (nSPS) is 10.5. The zero-order valence-corrected chi connectivity index (χ0v) is 13.1. The fraction of sp³-hybridized carbons (Fsp3) is 0.312. The van der Waals surface area contributed by atoms with Crippen LogP contribution in [-0.2, 0) is 4.79 Å². The Kier molecular flexibility index (Phi) is 5.46. The van der Waals surface area contributed by atoms with Gasteiger partial charge in [-0.1, -0.05) is 17.7 Å². The van der Waals surface area contributed by atoms with Gasteiger partial charge in [0, 0.05) is 10.4 Å². The van der Waals surface area contributed by atoms with E-state index in [1.54, 1.807) is 24.3 Å². The van der Waals surface area contributed by atoms with Crippen molar-refractivity contribution in [1.82, 2.24) is 0 Å². The second kappa shape index (κ2) is 7.33. The highest BCUT2D eigenvalue weighted by atomic mass is 35.5. The first-order valence-corrected chi connectivity index (χ1v) is 7.31. The minimum Gasteiger partial charge on any atom is -0.490 e. The molecule has 22 heavy (non-hydrogen) atoms. The number of rotatable bonds is 6. The minimum atomic E-state index is -0.782. The lowest BCUT2D eigenvalue weighted by Crippen LogP contribution is -2.14. The van der Waals surface area contributed by atoms with Crippen LogP contribution in [0.15, 0.2) is 24.3 Å². The van der Waals surface area contributed by atoms with Crippen LogP contribution in [0.2, 0.25) is 5.02 Å². The average molecular weight is 325 g/mol. The Morgan fingerprint density at radius 2 is 1.86 bits per heavy atom. The molecule has 2 rings (SSSR count). The van der Waals surface area contributed by atoms with E-state index >= 15 is 0 Å². The van der Waals surface area contributed by atoms with Crippen molar-refractivity contribution in [3.8, 4) is 17.2 Å². The molecule has 2 aromatic carbocycles. The summed E-state index contributed by atoms with van der Waals surface area (Å²) in [5.41, 5.74) is 0. The molecule has 0 atom stereocenters. The highest BCUT2D eigenvalue weighted by Gasteiger charge is 2.20. The number of hydrogen-bond donors (Lipinski definition) is 1. The van der Waals surface area contributed by atoms with E-state index in [1.165, 1.54) is 0 Å². The van der Waals surface area contributed by atoms with Crippen LogP contribution < -0.4 is 14.2 Å². The molecule has 1 N–H and O–H groups in total. The Bertz CT molecular complexity index is 684. The fourth-order valence-corrected chi connectivity index (χ4v) is 2.26. The highest BCUT2D eigenvalue weighted by Crippen LogP contribution is 2.44. The molecule has 0 spiro atoms. The van der Waals surface area contributed by atoms with Crippen molar-refractivity contribution in [3.63, 3.8) is 0 Å². The van der Waals surface area contributed by atoms with E-state index in [1.807, 2.05) is 13.8 Å². The summed E-state index contributed by atoms with van der Waals surface area (Å²) in [5.74, 6) is 0.209. The average Bonchev–Trinajstić information content (AvgIpc) is 2.51. The first kappa shape index (κ1) is 16.4. The molecule has 0 bridgehead atoms. The van der Waals surface area contributed by atoms with E-state index in [0.717, 1.165) is 5.39 Å². The minimum absolute atomic E-state index is 0.198. The Balaban J connectivity index is 2.71. The molecule has 0 fully saturated rings. The molecule has 0 aliphatic rings. The highest BCUT2D eigenvalue weighted by molar-refractivity contribution is 6.31. The van der Waals surface area contributed by atoms with E-state index in [9.17, 15) is 4.79 Å². The van der Waals surface area contributed by atoms with Gasteiger partial charge in [-0.05, 0) is 37.4 Å². The molecule has 0 saturated heterocycles. The lowest BCUT2D eigenvalue weighted by atomic mass is 10.1. The number of esters is 1. The molecule has 0 amide bonds. The number of aliphatic hydroxyl groups is 1. The van der Waals surface area contributed by atoms with E-state index in [0.29, 0.717) is 35.1 Å². The molecular formula is C16H17ClO5. The van der Waals surface area contributed by atoms with Crippen LogP contribution in [0.5, 0.6) is 17.2 Å². The van der Waals surface area contributed by atoms with E-state index < -0.39 is 12.6 Å². The van der Waals surface area contributed by atoms with Gasteiger partial charge in [-0.25, -0.2) is 4.79 Å². The fourth-order valence-electron chi connectivity index (χ4n) is 2.08. The van der Waals surface area contributed by atoms with Crippen molar-refractivity contribution < 1.29 is 24.1 Å². The summed E-state index contributed by atoms with van der Waals surface area (Å²) in [6.45, 7) is 3.74. The van der Waals surface area contributed by atoms with E-state index in [4.69, 9.17) is 30.9 Å². The lowest BCUT2D eigenvalue weighted by molar-refractivity contribution is -0.137. The second-order valence-corrected chi connectivity index (χ2v) is 4.83. The summed E-state index contributed by atoms with van der Waals surface area (Å²) in [6.07, 6.45) is 0. The van der Waals surface area contributed by atoms with Crippen LogP contribution in [0.3, 0.4) is 0 Å². The number of aliphatic hydroxyl groups excluding tert-OH is 1. The quantitative estimate of drug-likeness (QED) is 0.653. The Labute approximate surface area is 133 Å². The second-order valence-electron chi connectivity index (χ2n) is 4.40. The zero-order chi connectivity index (χ0) is 16.1. The lowest BCUT2D eigenvalue weighted by Gasteiger charge is -2.17. The molecule has 0 aromatic heterocycles. The number of carbonyl (C=O) groups is 1. The maximum Gasteiger partial charge on any atom is 0.337 e. The molecule has 5 nitrogen and oxygen atoms in total. The molecule has 2 aromatic rings. The number of benzene rings is 2. The van der Waals surface area contributed by atoms with Gasteiger partial charge in [0.05, 0.1) is 13.2 Å². The third-order valence-electron chi connectivity index (χ3n) is 2.91. The van der Waals surface area contributed by atoms with Crippen LogP contribution in [0, 0.1) is 0 Å². The van der Waals surface area contributed by atoms with E-state index in [-0.39, 0.29) is 5.75 Å². The molecule has 118 valence electrons. The van der Waals surface area contributed by atoms with Crippen LogP contribution in [0.4, 0.5) is 0 Å². The molecule has 6 heteroatoms. The third-order valence-corrected chi connectivity index (χ3v) is 3.15. The first-order valence-electron chi connectivity index (χ1n) is 6.94. The van der Waals surface area contributed by atoms with Crippen LogP contribution in [-0.4, -0.2) is 30.9 Å². The van der Waals surface area contributed by atoms with Gasteiger partial charge >= 0.3 is 5.97 Å². The van der Waals surface area contributed by atoms with Crippen molar-refractivity contribution >= 4 is 28.3 Å². The summed E-state index contributed by atoms with van der Waals surface area (Å²) in [4.78, 5) is 11.5.